The summed E-state index contributed by atoms with van der Waals surface area (Å²) >= 11 is 0. The molecule has 0 bridgehead atoms. The van der Waals surface area contributed by atoms with E-state index in [1.54, 1.807) is 31.4 Å². The number of benzene rings is 1. The molecule has 1 saturated carbocycles. The third kappa shape index (κ3) is 5.93. The summed E-state index contributed by atoms with van der Waals surface area (Å²) in [5.74, 6) is 2.22. The Labute approximate surface area is 189 Å². The van der Waals surface area contributed by atoms with Crippen molar-refractivity contribution in [3.63, 3.8) is 0 Å². The van der Waals surface area contributed by atoms with Crippen LogP contribution in [0.2, 0.25) is 0 Å². The number of rotatable bonds is 9. The maximum Gasteiger partial charge on any atom is 0.260 e. The van der Waals surface area contributed by atoms with Gasteiger partial charge in [-0.3, -0.25) is 14.4 Å². The van der Waals surface area contributed by atoms with Crippen LogP contribution in [0, 0.1) is 17.8 Å². The van der Waals surface area contributed by atoms with Gasteiger partial charge < -0.3 is 24.6 Å². The number of hydrogen-bond acceptors (Lipinski definition) is 5. The van der Waals surface area contributed by atoms with Gasteiger partial charge in [0.05, 0.1) is 13.0 Å². The van der Waals surface area contributed by atoms with Crippen LogP contribution in [0.4, 0.5) is 0 Å². The summed E-state index contributed by atoms with van der Waals surface area (Å²) < 4.78 is 10.7. The lowest BCUT2D eigenvalue weighted by Gasteiger charge is -2.34. The quantitative estimate of drug-likeness (QED) is 0.628. The number of carbonyl (C=O) groups excluding carboxylic acids is 3. The van der Waals surface area contributed by atoms with Crippen LogP contribution >= 0.6 is 0 Å². The van der Waals surface area contributed by atoms with Crippen molar-refractivity contribution < 1.29 is 23.9 Å². The van der Waals surface area contributed by atoms with E-state index in [1.807, 2.05) is 9.80 Å². The van der Waals surface area contributed by atoms with Gasteiger partial charge in [0.15, 0.2) is 6.61 Å². The molecule has 3 amide bonds. The summed E-state index contributed by atoms with van der Waals surface area (Å²) in [4.78, 5) is 40.9. The summed E-state index contributed by atoms with van der Waals surface area (Å²) in [5, 5.41) is 3.00. The molecule has 1 N–H and O–H groups in total. The van der Waals surface area contributed by atoms with Crippen LogP contribution in [0.15, 0.2) is 24.3 Å². The molecule has 4 rings (SSSR count). The molecule has 8 nitrogen and oxygen atoms in total. The molecule has 174 valence electrons. The predicted molar refractivity (Wildman–Crippen MR) is 118 cm³/mol. The van der Waals surface area contributed by atoms with Crippen LogP contribution in [0.1, 0.15) is 32.1 Å². The third-order valence-electron chi connectivity index (χ3n) is 6.71. The largest absolute Gasteiger partial charge is 0.497 e. The van der Waals surface area contributed by atoms with Crippen LogP contribution in [-0.2, 0) is 14.4 Å². The first-order valence-electron chi connectivity index (χ1n) is 11.6. The van der Waals surface area contributed by atoms with Crippen molar-refractivity contribution in [3.05, 3.63) is 24.3 Å². The summed E-state index contributed by atoms with van der Waals surface area (Å²) in [7, 11) is 1.60. The standard InChI is InChI=1S/C24H33N3O5/c1-31-20-4-6-21(7-5-20)32-16-23(29)26-10-8-18(9-11-26)14-27-15-19(12-22(27)28)24(30)25-13-17-2-3-17/h4-7,17-19H,2-3,8-16H2,1H3,(H,25,30). The van der Waals surface area contributed by atoms with E-state index in [4.69, 9.17) is 9.47 Å². The minimum absolute atomic E-state index is 0.0131. The maximum atomic E-state index is 12.5. The second kappa shape index (κ2) is 10.2. The number of carbonyl (C=O) groups is 3. The van der Waals surface area contributed by atoms with Crippen molar-refractivity contribution in [3.8, 4) is 11.5 Å². The molecule has 1 aromatic carbocycles. The Morgan fingerprint density at radius 1 is 1.03 bits per heavy atom. The number of hydrogen-bond donors (Lipinski definition) is 1. The molecule has 1 aliphatic carbocycles. The zero-order valence-electron chi connectivity index (χ0n) is 18.8. The number of ether oxygens (including phenoxy) is 2. The lowest BCUT2D eigenvalue weighted by molar-refractivity contribution is -0.135. The summed E-state index contributed by atoms with van der Waals surface area (Å²) in [6.45, 7) is 3.29. The first-order chi connectivity index (χ1) is 15.5. The lowest BCUT2D eigenvalue weighted by atomic mass is 9.96. The molecule has 1 atom stereocenters. The Balaban J connectivity index is 1.16. The molecular formula is C24H33N3O5. The number of amides is 3. The highest BCUT2D eigenvalue weighted by molar-refractivity contribution is 5.89. The fraction of sp³-hybridized carbons (Fsp3) is 0.625. The molecule has 2 saturated heterocycles. The smallest absolute Gasteiger partial charge is 0.260 e. The summed E-state index contributed by atoms with van der Waals surface area (Å²) in [6, 6.07) is 7.16. The summed E-state index contributed by atoms with van der Waals surface area (Å²) in [5.41, 5.74) is 0. The molecule has 0 aromatic heterocycles. The zero-order chi connectivity index (χ0) is 22.5. The first kappa shape index (κ1) is 22.4. The Hall–Kier alpha value is -2.77. The van der Waals surface area contributed by atoms with Gasteiger partial charge in [0.2, 0.25) is 11.8 Å². The molecule has 1 aromatic rings. The maximum absolute atomic E-state index is 12.5. The fourth-order valence-corrected chi connectivity index (χ4v) is 4.42. The predicted octanol–water partition coefficient (Wildman–Crippen LogP) is 1.69. The number of piperidine rings is 1. The monoisotopic (exact) mass is 443 g/mol. The van der Waals surface area contributed by atoms with Gasteiger partial charge in [-0.1, -0.05) is 0 Å². The normalized spacial score (nSPS) is 21.5. The van der Waals surface area contributed by atoms with E-state index in [1.165, 1.54) is 12.8 Å². The molecule has 0 radical (unpaired) electrons. The Kier molecular flexibility index (Phi) is 7.17. The van der Waals surface area contributed by atoms with Gasteiger partial charge in [-0.2, -0.15) is 0 Å². The van der Waals surface area contributed by atoms with Crippen molar-refractivity contribution in [2.24, 2.45) is 17.8 Å². The van der Waals surface area contributed by atoms with E-state index < -0.39 is 0 Å². The average Bonchev–Trinajstić information content (AvgIpc) is 3.58. The summed E-state index contributed by atoms with van der Waals surface area (Å²) in [6.07, 6.45) is 4.43. The minimum atomic E-state index is -0.224. The molecular weight excluding hydrogens is 410 g/mol. The highest BCUT2D eigenvalue weighted by atomic mass is 16.5. The minimum Gasteiger partial charge on any atom is -0.497 e. The van der Waals surface area contributed by atoms with Crippen molar-refractivity contribution in [2.45, 2.75) is 32.1 Å². The SMILES string of the molecule is COc1ccc(OCC(=O)N2CCC(CN3CC(C(=O)NCC4CC4)CC3=O)CC2)cc1. The van der Waals surface area contributed by atoms with Crippen LogP contribution in [-0.4, -0.2) is 74.0 Å². The van der Waals surface area contributed by atoms with Gasteiger partial charge in [-0.15, -0.1) is 0 Å². The van der Waals surface area contributed by atoms with Gasteiger partial charge in [-0.25, -0.2) is 0 Å². The van der Waals surface area contributed by atoms with Gasteiger partial charge in [0, 0.05) is 39.1 Å². The van der Waals surface area contributed by atoms with E-state index in [0.29, 0.717) is 50.2 Å². The molecule has 32 heavy (non-hydrogen) atoms. The molecule has 2 heterocycles. The molecule has 1 unspecified atom stereocenters. The van der Waals surface area contributed by atoms with Gasteiger partial charge in [-0.05, 0) is 61.8 Å². The zero-order valence-corrected chi connectivity index (χ0v) is 18.8. The van der Waals surface area contributed by atoms with Crippen LogP contribution in [0.25, 0.3) is 0 Å². The molecule has 3 fully saturated rings. The molecule has 3 aliphatic rings. The van der Waals surface area contributed by atoms with E-state index >= 15 is 0 Å². The van der Waals surface area contributed by atoms with Crippen LogP contribution in [0.3, 0.4) is 0 Å². The Morgan fingerprint density at radius 2 is 1.72 bits per heavy atom. The number of nitrogens with zero attached hydrogens (tertiary/aromatic N) is 2. The second-order valence-corrected chi connectivity index (χ2v) is 9.18. The van der Waals surface area contributed by atoms with Crippen molar-refractivity contribution >= 4 is 17.7 Å². The molecule has 2 aliphatic heterocycles. The van der Waals surface area contributed by atoms with Crippen molar-refractivity contribution in [1.82, 2.24) is 15.1 Å². The number of methoxy groups -OCH3 is 1. The Bertz CT molecular complexity index is 815. The molecule has 8 heteroatoms. The third-order valence-corrected chi connectivity index (χ3v) is 6.71. The van der Waals surface area contributed by atoms with E-state index in [9.17, 15) is 14.4 Å². The lowest BCUT2D eigenvalue weighted by Crippen LogP contribution is -2.43. The average molecular weight is 444 g/mol. The van der Waals surface area contributed by atoms with E-state index in [0.717, 1.165) is 25.1 Å². The van der Waals surface area contributed by atoms with Gasteiger partial charge >= 0.3 is 0 Å². The molecule has 0 spiro atoms. The van der Waals surface area contributed by atoms with E-state index in [-0.39, 0.29) is 30.2 Å². The highest BCUT2D eigenvalue weighted by Gasteiger charge is 2.36. The topological polar surface area (TPSA) is 88.2 Å². The highest BCUT2D eigenvalue weighted by Crippen LogP contribution is 2.28. The Morgan fingerprint density at radius 3 is 2.38 bits per heavy atom. The second-order valence-electron chi connectivity index (χ2n) is 9.18. The fourth-order valence-electron chi connectivity index (χ4n) is 4.42. The number of nitrogens with one attached hydrogen (secondary N) is 1. The van der Waals surface area contributed by atoms with Crippen LogP contribution in [0.5, 0.6) is 11.5 Å². The van der Waals surface area contributed by atoms with Crippen molar-refractivity contribution in [2.75, 3.05) is 46.4 Å². The van der Waals surface area contributed by atoms with Crippen LogP contribution < -0.4 is 14.8 Å². The first-order valence-corrected chi connectivity index (χ1v) is 11.6. The number of likely N-dealkylation sites (tertiary alicyclic amines) is 2. The van der Waals surface area contributed by atoms with Gasteiger partial charge in [0.1, 0.15) is 11.5 Å². The van der Waals surface area contributed by atoms with Crippen molar-refractivity contribution in [1.29, 1.82) is 0 Å². The van der Waals surface area contributed by atoms with Gasteiger partial charge in [0.25, 0.3) is 5.91 Å². The van der Waals surface area contributed by atoms with E-state index in [2.05, 4.69) is 5.32 Å².